The van der Waals surface area contributed by atoms with E-state index in [1.807, 2.05) is 0 Å². The first-order valence-corrected chi connectivity index (χ1v) is 6.08. The summed E-state index contributed by atoms with van der Waals surface area (Å²) in [6, 6.07) is 0. The fraction of sp³-hybridized carbons (Fsp3) is 0.769. The van der Waals surface area contributed by atoms with Gasteiger partial charge in [-0.1, -0.05) is 13.3 Å². The van der Waals surface area contributed by atoms with Crippen LogP contribution in [0.2, 0.25) is 0 Å². The molecule has 0 amide bonds. The lowest BCUT2D eigenvalue weighted by molar-refractivity contribution is -0.119. The van der Waals surface area contributed by atoms with Gasteiger partial charge in [-0.05, 0) is 47.6 Å². The first-order valence-electron chi connectivity index (χ1n) is 6.08. The second-order valence-electron chi connectivity index (χ2n) is 4.21. The van der Waals surface area contributed by atoms with Crippen LogP contribution in [-0.4, -0.2) is 30.1 Å². The van der Waals surface area contributed by atoms with Crippen molar-refractivity contribution in [2.45, 2.75) is 60.5 Å². The van der Waals surface area contributed by atoms with Crippen LogP contribution < -0.4 is 11.1 Å². The van der Waals surface area contributed by atoms with Gasteiger partial charge in [0.15, 0.2) is 5.78 Å². The highest BCUT2D eigenvalue weighted by atomic mass is 16.1. The SMILES string of the molecule is CC(C)=O.CC(C)=O.CCCCNC(N)C(C)=O. The van der Waals surface area contributed by atoms with Crippen molar-refractivity contribution in [1.82, 2.24) is 5.32 Å². The lowest BCUT2D eigenvalue weighted by atomic mass is 10.3. The molecule has 0 aromatic heterocycles. The maximum absolute atomic E-state index is 10.6. The molecule has 108 valence electrons. The van der Waals surface area contributed by atoms with E-state index < -0.39 is 6.17 Å². The maximum atomic E-state index is 10.6. The second-order valence-corrected chi connectivity index (χ2v) is 4.21. The van der Waals surface area contributed by atoms with Gasteiger partial charge in [-0.15, -0.1) is 0 Å². The number of Topliss-reactive ketones (excluding diaryl/α,β-unsaturated/α-hetero) is 3. The van der Waals surface area contributed by atoms with Gasteiger partial charge in [-0.3, -0.25) is 10.1 Å². The predicted octanol–water partition coefficient (Wildman–Crippen LogP) is 1.44. The number of carbonyl (C=O) groups is 3. The van der Waals surface area contributed by atoms with Crippen LogP contribution in [0.15, 0.2) is 0 Å². The van der Waals surface area contributed by atoms with Gasteiger partial charge >= 0.3 is 0 Å². The van der Waals surface area contributed by atoms with Crippen LogP contribution in [0.1, 0.15) is 54.4 Å². The standard InChI is InChI=1S/C7H16N2O.2C3H6O/c1-3-4-5-9-7(8)6(2)10;2*1-3(2)4/h7,9H,3-5,8H2,1-2H3;2*1-2H3. The van der Waals surface area contributed by atoms with Gasteiger partial charge in [0.1, 0.15) is 17.7 Å². The van der Waals surface area contributed by atoms with Gasteiger partial charge < -0.3 is 15.3 Å². The van der Waals surface area contributed by atoms with Crippen molar-refractivity contribution >= 4 is 17.3 Å². The van der Waals surface area contributed by atoms with Gasteiger partial charge in [0.05, 0.1) is 0 Å². The highest BCUT2D eigenvalue weighted by Gasteiger charge is 2.04. The molecule has 0 fully saturated rings. The Morgan fingerprint density at radius 2 is 1.33 bits per heavy atom. The monoisotopic (exact) mass is 260 g/mol. The third-order valence-electron chi connectivity index (χ3n) is 1.33. The first-order chi connectivity index (χ1) is 8.14. The fourth-order valence-electron chi connectivity index (χ4n) is 0.578. The van der Waals surface area contributed by atoms with Crippen LogP contribution in [0.25, 0.3) is 0 Å². The third-order valence-corrected chi connectivity index (χ3v) is 1.33. The Labute approximate surface area is 111 Å². The maximum Gasteiger partial charge on any atom is 0.160 e. The average Bonchev–Trinajstić information content (AvgIpc) is 2.15. The van der Waals surface area contributed by atoms with E-state index in [0.717, 1.165) is 19.4 Å². The number of ketones is 3. The molecule has 3 N–H and O–H groups in total. The third kappa shape index (κ3) is 46.1. The number of hydrogen-bond donors (Lipinski definition) is 2. The van der Waals surface area contributed by atoms with Gasteiger partial charge in [0, 0.05) is 0 Å². The van der Waals surface area contributed by atoms with E-state index in [-0.39, 0.29) is 17.3 Å². The molecule has 0 radical (unpaired) electrons. The van der Waals surface area contributed by atoms with E-state index in [2.05, 4.69) is 12.2 Å². The molecule has 18 heavy (non-hydrogen) atoms. The smallest absolute Gasteiger partial charge is 0.160 e. The lowest BCUT2D eigenvalue weighted by Crippen LogP contribution is -2.43. The number of carbonyl (C=O) groups excluding carboxylic acids is 3. The molecule has 0 aliphatic rings. The molecule has 0 saturated carbocycles. The Kier molecular flexibility index (Phi) is 19.6. The number of nitrogens with two attached hydrogens (primary N) is 1. The quantitative estimate of drug-likeness (QED) is 0.576. The summed E-state index contributed by atoms with van der Waals surface area (Å²) >= 11 is 0. The van der Waals surface area contributed by atoms with Crippen molar-refractivity contribution in [2.75, 3.05) is 6.54 Å². The summed E-state index contributed by atoms with van der Waals surface area (Å²) in [6.07, 6.45) is 1.73. The molecule has 0 saturated heterocycles. The molecule has 0 spiro atoms. The largest absolute Gasteiger partial charge is 0.310 e. The first kappa shape index (κ1) is 22.1. The number of nitrogens with one attached hydrogen (secondary N) is 1. The minimum atomic E-state index is -0.466. The molecule has 1 atom stereocenters. The van der Waals surface area contributed by atoms with E-state index in [1.165, 1.54) is 34.6 Å². The molecule has 0 bridgehead atoms. The summed E-state index contributed by atoms with van der Waals surface area (Å²) in [5, 5.41) is 2.91. The summed E-state index contributed by atoms with van der Waals surface area (Å²) in [7, 11) is 0. The normalized spacial score (nSPS) is 10.2. The molecule has 5 nitrogen and oxygen atoms in total. The zero-order valence-electron chi connectivity index (χ0n) is 12.5. The lowest BCUT2D eigenvalue weighted by Gasteiger charge is -2.08. The molecular formula is C13H28N2O3. The molecule has 1 unspecified atom stereocenters. The van der Waals surface area contributed by atoms with E-state index in [4.69, 9.17) is 5.73 Å². The Balaban J connectivity index is -0.000000233. The second kappa shape index (κ2) is 15.9. The minimum Gasteiger partial charge on any atom is -0.310 e. The Bertz CT molecular complexity index is 220. The topological polar surface area (TPSA) is 89.3 Å². The average molecular weight is 260 g/mol. The van der Waals surface area contributed by atoms with Crippen molar-refractivity contribution in [1.29, 1.82) is 0 Å². The molecule has 0 aromatic carbocycles. The van der Waals surface area contributed by atoms with Crippen LogP contribution >= 0.6 is 0 Å². The molecule has 5 heteroatoms. The van der Waals surface area contributed by atoms with Crippen molar-refractivity contribution in [3.8, 4) is 0 Å². The van der Waals surface area contributed by atoms with E-state index >= 15 is 0 Å². The molecule has 0 aromatic rings. The van der Waals surface area contributed by atoms with Crippen LogP contribution in [-0.2, 0) is 14.4 Å². The van der Waals surface area contributed by atoms with Crippen molar-refractivity contribution in [2.24, 2.45) is 5.73 Å². The number of rotatable bonds is 5. The molecule has 0 heterocycles. The van der Waals surface area contributed by atoms with Gasteiger partial charge in [-0.25, -0.2) is 0 Å². The Morgan fingerprint density at radius 1 is 1.00 bits per heavy atom. The Morgan fingerprint density at radius 3 is 1.56 bits per heavy atom. The van der Waals surface area contributed by atoms with Crippen LogP contribution in [0, 0.1) is 0 Å². The van der Waals surface area contributed by atoms with Crippen LogP contribution in [0.5, 0.6) is 0 Å². The van der Waals surface area contributed by atoms with Crippen LogP contribution in [0.4, 0.5) is 0 Å². The number of hydrogen-bond acceptors (Lipinski definition) is 5. The Hall–Kier alpha value is -1.07. The van der Waals surface area contributed by atoms with Crippen molar-refractivity contribution in [3.05, 3.63) is 0 Å². The van der Waals surface area contributed by atoms with Gasteiger partial charge in [-0.2, -0.15) is 0 Å². The van der Waals surface area contributed by atoms with E-state index in [9.17, 15) is 14.4 Å². The minimum absolute atomic E-state index is 0.00361. The van der Waals surface area contributed by atoms with Crippen molar-refractivity contribution < 1.29 is 14.4 Å². The molecule has 0 rings (SSSR count). The zero-order chi connectivity index (χ0) is 15.1. The van der Waals surface area contributed by atoms with Gasteiger partial charge in [0.2, 0.25) is 0 Å². The van der Waals surface area contributed by atoms with Crippen molar-refractivity contribution in [3.63, 3.8) is 0 Å². The van der Waals surface area contributed by atoms with E-state index in [0.29, 0.717) is 0 Å². The molecule has 0 aliphatic carbocycles. The fourth-order valence-corrected chi connectivity index (χ4v) is 0.578. The van der Waals surface area contributed by atoms with Crippen LogP contribution in [0.3, 0.4) is 0 Å². The zero-order valence-corrected chi connectivity index (χ0v) is 12.5. The predicted molar refractivity (Wildman–Crippen MR) is 74.3 cm³/mol. The highest BCUT2D eigenvalue weighted by molar-refractivity contribution is 5.80. The summed E-state index contributed by atoms with van der Waals surface area (Å²) in [4.78, 5) is 29.4. The summed E-state index contributed by atoms with van der Waals surface area (Å²) in [5.74, 6) is 0.330. The summed E-state index contributed by atoms with van der Waals surface area (Å²) in [5.41, 5.74) is 5.40. The summed E-state index contributed by atoms with van der Waals surface area (Å²) in [6.45, 7) is 10.5. The molecule has 0 aliphatic heterocycles. The van der Waals surface area contributed by atoms with Gasteiger partial charge in [0.25, 0.3) is 0 Å². The summed E-state index contributed by atoms with van der Waals surface area (Å²) < 4.78 is 0. The van der Waals surface area contributed by atoms with E-state index in [1.54, 1.807) is 0 Å². The highest BCUT2D eigenvalue weighted by Crippen LogP contribution is 1.83. The number of unbranched alkanes of at least 4 members (excludes halogenated alkanes) is 1. The molecular weight excluding hydrogens is 232 g/mol.